The van der Waals surface area contributed by atoms with Crippen LogP contribution in [0.3, 0.4) is 0 Å². The van der Waals surface area contributed by atoms with Gasteiger partial charge in [-0.15, -0.1) is 0 Å². The van der Waals surface area contributed by atoms with Crippen molar-refractivity contribution in [2.75, 3.05) is 18.4 Å². The van der Waals surface area contributed by atoms with E-state index in [2.05, 4.69) is 20.7 Å². The Kier molecular flexibility index (Phi) is 5.18. The van der Waals surface area contributed by atoms with Crippen molar-refractivity contribution in [3.05, 3.63) is 35.7 Å². The van der Waals surface area contributed by atoms with Gasteiger partial charge in [-0.25, -0.2) is 9.67 Å². The summed E-state index contributed by atoms with van der Waals surface area (Å²) < 4.78 is 7.54. The number of primary amides is 1. The van der Waals surface area contributed by atoms with E-state index in [0.29, 0.717) is 29.7 Å². The maximum Gasteiger partial charge on any atom is 0.254 e. The fourth-order valence-corrected chi connectivity index (χ4v) is 2.88. The molecular weight excluding hydrogens is 320 g/mol. The largest absolute Gasteiger partial charge is 0.475 e. The van der Waals surface area contributed by atoms with Crippen molar-refractivity contribution < 1.29 is 9.53 Å². The van der Waals surface area contributed by atoms with Gasteiger partial charge in [-0.3, -0.25) is 4.79 Å². The first-order valence-electron chi connectivity index (χ1n) is 8.45. The number of hydrogen-bond donors (Lipinski definition) is 3. The summed E-state index contributed by atoms with van der Waals surface area (Å²) in [6.07, 6.45) is 3.35. The average molecular weight is 344 g/mol. The van der Waals surface area contributed by atoms with Crippen LogP contribution in [-0.2, 0) is 13.1 Å². The maximum absolute atomic E-state index is 11.4. The minimum Gasteiger partial charge on any atom is -0.475 e. The van der Waals surface area contributed by atoms with E-state index in [-0.39, 0.29) is 6.10 Å². The molecule has 0 aromatic carbocycles. The molecule has 2 aromatic heterocycles. The Hall–Kier alpha value is -2.61. The summed E-state index contributed by atoms with van der Waals surface area (Å²) in [6.45, 7) is 6.98. The van der Waals surface area contributed by atoms with Gasteiger partial charge in [-0.2, -0.15) is 5.10 Å². The van der Waals surface area contributed by atoms with Gasteiger partial charge in [0.15, 0.2) is 0 Å². The normalized spacial score (nSPS) is 16.4. The molecule has 1 atom stereocenters. The van der Waals surface area contributed by atoms with Gasteiger partial charge in [-0.1, -0.05) is 6.07 Å². The fourth-order valence-electron chi connectivity index (χ4n) is 2.88. The monoisotopic (exact) mass is 344 g/mol. The molecule has 134 valence electrons. The van der Waals surface area contributed by atoms with E-state index in [4.69, 9.17) is 10.5 Å². The molecule has 0 bridgehead atoms. The predicted octanol–water partition coefficient (Wildman–Crippen LogP) is 0.996. The number of nitrogens with zero attached hydrogens (tertiary/aromatic N) is 3. The van der Waals surface area contributed by atoms with Gasteiger partial charge in [0.05, 0.1) is 12.3 Å². The molecule has 0 radical (unpaired) electrons. The van der Waals surface area contributed by atoms with Crippen molar-refractivity contribution in [2.24, 2.45) is 11.7 Å². The molecule has 0 spiro atoms. The summed E-state index contributed by atoms with van der Waals surface area (Å²) >= 11 is 0. The SMILES string of the molecule is CC(C)Oc1ncccc1CNC[C@@H]1CNc2c(C(N)=O)cnn2C1. The summed E-state index contributed by atoms with van der Waals surface area (Å²) in [5.41, 5.74) is 6.83. The number of aromatic nitrogens is 3. The van der Waals surface area contributed by atoms with Crippen LogP contribution in [0.4, 0.5) is 5.82 Å². The van der Waals surface area contributed by atoms with Gasteiger partial charge < -0.3 is 21.1 Å². The van der Waals surface area contributed by atoms with Crippen LogP contribution in [0, 0.1) is 5.92 Å². The molecule has 0 unspecified atom stereocenters. The van der Waals surface area contributed by atoms with Crippen molar-refractivity contribution in [3.8, 4) is 5.88 Å². The number of carbonyl (C=O) groups excluding carboxylic acids is 1. The number of carbonyl (C=O) groups is 1. The van der Waals surface area contributed by atoms with E-state index in [9.17, 15) is 4.79 Å². The third-order valence-corrected chi connectivity index (χ3v) is 4.04. The van der Waals surface area contributed by atoms with Gasteiger partial charge in [0.1, 0.15) is 11.4 Å². The molecular formula is C17H24N6O2. The van der Waals surface area contributed by atoms with Crippen LogP contribution >= 0.6 is 0 Å². The minimum atomic E-state index is -0.459. The van der Waals surface area contributed by atoms with E-state index >= 15 is 0 Å². The number of fused-ring (bicyclic) bond motifs is 1. The molecule has 3 rings (SSSR count). The lowest BCUT2D eigenvalue weighted by atomic mass is 10.1. The number of rotatable bonds is 7. The highest BCUT2D eigenvalue weighted by atomic mass is 16.5. The summed E-state index contributed by atoms with van der Waals surface area (Å²) in [4.78, 5) is 15.7. The zero-order valence-electron chi connectivity index (χ0n) is 14.5. The third kappa shape index (κ3) is 4.08. The van der Waals surface area contributed by atoms with Crippen LogP contribution in [0.1, 0.15) is 29.8 Å². The van der Waals surface area contributed by atoms with Crippen LogP contribution in [0.25, 0.3) is 0 Å². The van der Waals surface area contributed by atoms with Gasteiger partial charge in [0, 0.05) is 43.9 Å². The Bertz CT molecular complexity index is 742. The number of ether oxygens (including phenoxy) is 1. The Morgan fingerprint density at radius 2 is 2.40 bits per heavy atom. The highest BCUT2D eigenvalue weighted by Gasteiger charge is 2.23. The lowest BCUT2D eigenvalue weighted by Crippen LogP contribution is -2.35. The number of hydrogen-bond acceptors (Lipinski definition) is 6. The zero-order valence-corrected chi connectivity index (χ0v) is 14.5. The maximum atomic E-state index is 11.4. The summed E-state index contributed by atoms with van der Waals surface area (Å²) in [5, 5.41) is 10.9. The molecule has 0 fully saturated rings. The van der Waals surface area contributed by atoms with Gasteiger partial charge in [0.2, 0.25) is 5.88 Å². The Balaban J connectivity index is 1.54. The molecule has 8 heteroatoms. The van der Waals surface area contributed by atoms with E-state index < -0.39 is 5.91 Å². The molecule has 0 saturated heterocycles. The highest BCUT2D eigenvalue weighted by Crippen LogP contribution is 2.21. The molecule has 4 N–H and O–H groups in total. The summed E-state index contributed by atoms with van der Waals surface area (Å²) in [7, 11) is 0. The van der Waals surface area contributed by atoms with Crippen molar-refractivity contribution in [1.29, 1.82) is 0 Å². The fraction of sp³-hybridized carbons (Fsp3) is 0.471. The molecule has 8 nitrogen and oxygen atoms in total. The van der Waals surface area contributed by atoms with Crippen LogP contribution in [-0.4, -0.2) is 39.9 Å². The molecule has 1 aliphatic heterocycles. The number of anilines is 1. The Morgan fingerprint density at radius 3 is 3.16 bits per heavy atom. The van der Waals surface area contributed by atoms with Crippen molar-refractivity contribution in [2.45, 2.75) is 33.0 Å². The van der Waals surface area contributed by atoms with Gasteiger partial charge in [0.25, 0.3) is 5.91 Å². The first-order valence-corrected chi connectivity index (χ1v) is 8.45. The van der Waals surface area contributed by atoms with E-state index in [1.807, 2.05) is 26.0 Å². The first kappa shape index (κ1) is 17.2. The topological polar surface area (TPSA) is 107 Å². The lowest BCUT2D eigenvalue weighted by Gasteiger charge is -2.25. The van der Waals surface area contributed by atoms with E-state index in [0.717, 1.165) is 25.2 Å². The smallest absolute Gasteiger partial charge is 0.254 e. The molecule has 25 heavy (non-hydrogen) atoms. The predicted molar refractivity (Wildman–Crippen MR) is 94.4 cm³/mol. The number of amides is 1. The van der Waals surface area contributed by atoms with Crippen LogP contribution in [0.5, 0.6) is 5.88 Å². The third-order valence-electron chi connectivity index (χ3n) is 4.04. The highest BCUT2D eigenvalue weighted by molar-refractivity contribution is 5.97. The van der Waals surface area contributed by atoms with Gasteiger partial charge >= 0.3 is 0 Å². The Labute approximate surface area is 146 Å². The molecule has 0 aliphatic carbocycles. The minimum absolute atomic E-state index is 0.0916. The summed E-state index contributed by atoms with van der Waals surface area (Å²) in [5.74, 6) is 1.29. The molecule has 1 amide bonds. The van der Waals surface area contributed by atoms with Crippen LogP contribution in [0.15, 0.2) is 24.5 Å². The van der Waals surface area contributed by atoms with Crippen LogP contribution < -0.4 is 21.1 Å². The average Bonchev–Trinajstić information content (AvgIpc) is 2.99. The van der Waals surface area contributed by atoms with E-state index in [1.54, 1.807) is 10.9 Å². The molecule has 0 saturated carbocycles. The first-order chi connectivity index (χ1) is 12.0. The zero-order chi connectivity index (χ0) is 17.8. The van der Waals surface area contributed by atoms with Crippen LogP contribution in [0.2, 0.25) is 0 Å². The second-order valence-electron chi connectivity index (χ2n) is 6.47. The second kappa shape index (κ2) is 7.52. The number of pyridine rings is 1. The molecule has 1 aliphatic rings. The quantitative estimate of drug-likeness (QED) is 0.692. The molecule has 3 heterocycles. The van der Waals surface area contributed by atoms with Crippen molar-refractivity contribution in [3.63, 3.8) is 0 Å². The number of nitrogens with two attached hydrogens (primary N) is 1. The Morgan fingerprint density at radius 1 is 1.56 bits per heavy atom. The summed E-state index contributed by atoms with van der Waals surface area (Å²) in [6, 6.07) is 3.93. The van der Waals surface area contributed by atoms with Gasteiger partial charge in [-0.05, 0) is 19.9 Å². The standard InChI is InChI=1S/C17H24N6O2/c1-11(2)25-17-13(4-3-5-20-17)8-19-6-12-7-21-16-14(15(18)24)9-22-23(16)10-12/h3-5,9,11-12,19,21H,6-8,10H2,1-2H3,(H2,18,24)/t12-/m1/s1. The number of nitrogens with one attached hydrogen (secondary N) is 2. The van der Waals surface area contributed by atoms with E-state index in [1.165, 1.54) is 6.20 Å². The van der Waals surface area contributed by atoms with Crippen molar-refractivity contribution in [1.82, 2.24) is 20.1 Å². The van der Waals surface area contributed by atoms with Crippen molar-refractivity contribution >= 4 is 11.7 Å². The molecule has 2 aromatic rings. The second-order valence-corrected chi connectivity index (χ2v) is 6.47. The lowest BCUT2D eigenvalue weighted by molar-refractivity contribution is 0.100.